The SMILES string of the molecule is CCN(C)C(=O)Nc1cc(C(=O)O)cc(C(=O)O)c1. The minimum Gasteiger partial charge on any atom is -0.478 e. The van der Waals surface area contributed by atoms with E-state index in [0.29, 0.717) is 6.54 Å². The van der Waals surface area contributed by atoms with Gasteiger partial charge in [0, 0.05) is 19.3 Å². The highest BCUT2D eigenvalue weighted by Crippen LogP contribution is 2.16. The van der Waals surface area contributed by atoms with Gasteiger partial charge in [-0.15, -0.1) is 0 Å². The number of carboxylic acids is 2. The fraction of sp³-hybridized carbons (Fsp3) is 0.250. The number of carbonyl (C=O) groups is 3. The molecule has 102 valence electrons. The van der Waals surface area contributed by atoms with Crippen molar-refractivity contribution in [3.05, 3.63) is 29.3 Å². The molecule has 0 saturated heterocycles. The minimum atomic E-state index is -1.26. The molecule has 0 heterocycles. The zero-order valence-electron chi connectivity index (χ0n) is 10.5. The van der Waals surface area contributed by atoms with E-state index in [9.17, 15) is 14.4 Å². The Bertz CT molecular complexity index is 495. The first-order valence-electron chi connectivity index (χ1n) is 5.49. The molecule has 1 rings (SSSR count). The van der Waals surface area contributed by atoms with Gasteiger partial charge in [0.25, 0.3) is 0 Å². The van der Waals surface area contributed by atoms with Gasteiger partial charge in [0.2, 0.25) is 0 Å². The number of rotatable bonds is 4. The van der Waals surface area contributed by atoms with E-state index in [1.165, 1.54) is 17.0 Å². The Morgan fingerprint density at radius 3 is 1.95 bits per heavy atom. The number of hydrogen-bond acceptors (Lipinski definition) is 3. The van der Waals surface area contributed by atoms with Gasteiger partial charge in [-0.25, -0.2) is 14.4 Å². The molecular weight excluding hydrogens is 252 g/mol. The summed E-state index contributed by atoms with van der Waals surface area (Å²) in [5.74, 6) is -2.52. The first-order valence-corrected chi connectivity index (χ1v) is 5.49. The molecule has 0 atom stereocenters. The highest BCUT2D eigenvalue weighted by Gasteiger charge is 2.13. The lowest BCUT2D eigenvalue weighted by Gasteiger charge is -2.16. The van der Waals surface area contributed by atoms with E-state index >= 15 is 0 Å². The fourth-order valence-electron chi connectivity index (χ4n) is 1.31. The molecule has 0 unspecified atom stereocenters. The van der Waals surface area contributed by atoms with E-state index in [-0.39, 0.29) is 16.8 Å². The Hall–Kier alpha value is -2.57. The second kappa shape index (κ2) is 5.85. The van der Waals surface area contributed by atoms with E-state index in [4.69, 9.17) is 10.2 Å². The average Bonchev–Trinajstić information content (AvgIpc) is 2.37. The molecule has 2 amide bonds. The van der Waals surface area contributed by atoms with Crippen molar-refractivity contribution in [1.82, 2.24) is 4.90 Å². The standard InChI is InChI=1S/C12H14N2O5/c1-3-14(2)12(19)13-9-5-7(10(15)16)4-8(6-9)11(17)18/h4-6H,3H2,1-2H3,(H,13,19)(H,15,16)(H,17,18). The molecule has 7 nitrogen and oxygen atoms in total. The van der Waals surface area contributed by atoms with Crippen LogP contribution >= 0.6 is 0 Å². The molecule has 0 aliphatic rings. The maximum atomic E-state index is 11.6. The summed E-state index contributed by atoms with van der Waals surface area (Å²) < 4.78 is 0. The summed E-state index contributed by atoms with van der Waals surface area (Å²) >= 11 is 0. The van der Waals surface area contributed by atoms with Crippen LogP contribution in [0.25, 0.3) is 0 Å². The van der Waals surface area contributed by atoms with Crippen LogP contribution in [0, 0.1) is 0 Å². The summed E-state index contributed by atoms with van der Waals surface area (Å²) in [6.45, 7) is 2.24. The highest BCUT2D eigenvalue weighted by atomic mass is 16.4. The molecule has 0 bridgehead atoms. The Kier molecular flexibility index (Phi) is 4.46. The second-order valence-electron chi connectivity index (χ2n) is 3.85. The molecule has 0 aromatic heterocycles. The number of amides is 2. The molecule has 0 radical (unpaired) electrons. The van der Waals surface area contributed by atoms with Gasteiger partial charge in [-0.1, -0.05) is 0 Å². The predicted octanol–water partition coefficient (Wildman–Crippen LogP) is 1.57. The van der Waals surface area contributed by atoms with Gasteiger partial charge in [0.15, 0.2) is 0 Å². The summed E-state index contributed by atoms with van der Waals surface area (Å²) in [4.78, 5) is 34.8. The number of carboxylic acid groups (broad SMARTS) is 2. The number of hydrogen-bond donors (Lipinski definition) is 3. The quantitative estimate of drug-likeness (QED) is 0.766. The molecular formula is C12H14N2O5. The van der Waals surface area contributed by atoms with Gasteiger partial charge >= 0.3 is 18.0 Å². The average molecular weight is 266 g/mol. The van der Waals surface area contributed by atoms with Crippen molar-refractivity contribution in [2.24, 2.45) is 0 Å². The third kappa shape index (κ3) is 3.70. The highest BCUT2D eigenvalue weighted by molar-refractivity contribution is 5.98. The first kappa shape index (κ1) is 14.5. The number of nitrogens with one attached hydrogen (secondary N) is 1. The van der Waals surface area contributed by atoms with Crippen LogP contribution in [0.2, 0.25) is 0 Å². The van der Waals surface area contributed by atoms with Crippen LogP contribution in [0.4, 0.5) is 10.5 Å². The number of carbonyl (C=O) groups excluding carboxylic acids is 1. The van der Waals surface area contributed by atoms with Crippen LogP contribution in [-0.4, -0.2) is 46.7 Å². The Labute approximate surface area is 109 Å². The van der Waals surface area contributed by atoms with Crippen LogP contribution in [0.5, 0.6) is 0 Å². The van der Waals surface area contributed by atoms with Crippen molar-refractivity contribution in [1.29, 1.82) is 0 Å². The molecule has 0 saturated carbocycles. The zero-order valence-corrected chi connectivity index (χ0v) is 10.5. The lowest BCUT2D eigenvalue weighted by molar-refractivity contribution is 0.0696. The van der Waals surface area contributed by atoms with E-state index in [0.717, 1.165) is 6.07 Å². The van der Waals surface area contributed by atoms with Crippen molar-refractivity contribution < 1.29 is 24.6 Å². The topological polar surface area (TPSA) is 107 Å². The molecule has 0 spiro atoms. The number of urea groups is 1. The van der Waals surface area contributed by atoms with Crippen molar-refractivity contribution in [2.45, 2.75) is 6.92 Å². The molecule has 0 fully saturated rings. The van der Waals surface area contributed by atoms with Crippen LogP contribution in [0.15, 0.2) is 18.2 Å². The summed E-state index contributed by atoms with van der Waals surface area (Å²) in [6, 6.07) is 3.00. The molecule has 0 aliphatic heterocycles. The zero-order chi connectivity index (χ0) is 14.6. The van der Waals surface area contributed by atoms with Crippen molar-refractivity contribution in [3.8, 4) is 0 Å². The van der Waals surface area contributed by atoms with Gasteiger partial charge in [0.05, 0.1) is 11.1 Å². The van der Waals surface area contributed by atoms with E-state index < -0.39 is 18.0 Å². The number of aromatic carboxylic acids is 2. The molecule has 1 aromatic carbocycles. The smallest absolute Gasteiger partial charge is 0.335 e. The summed E-state index contributed by atoms with van der Waals surface area (Å²) in [7, 11) is 1.56. The maximum absolute atomic E-state index is 11.6. The Balaban J connectivity index is 3.10. The summed E-state index contributed by atoms with van der Waals surface area (Å²) in [5, 5.41) is 20.2. The molecule has 0 aliphatic carbocycles. The monoisotopic (exact) mass is 266 g/mol. The minimum absolute atomic E-state index is 0.127. The summed E-state index contributed by atoms with van der Waals surface area (Å²) in [5.41, 5.74) is -0.272. The molecule has 19 heavy (non-hydrogen) atoms. The van der Waals surface area contributed by atoms with Crippen molar-refractivity contribution in [3.63, 3.8) is 0 Å². The van der Waals surface area contributed by atoms with Gasteiger partial charge in [-0.05, 0) is 25.1 Å². The number of anilines is 1. The number of nitrogens with zero attached hydrogens (tertiary/aromatic N) is 1. The largest absolute Gasteiger partial charge is 0.478 e. The normalized spacial score (nSPS) is 9.79. The lowest BCUT2D eigenvalue weighted by atomic mass is 10.1. The third-order valence-corrected chi connectivity index (χ3v) is 2.50. The van der Waals surface area contributed by atoms with Crippen molar-refractivity contribution in [2.75, 3.05) is 18.9 Å². The fourth-order valence-corrected chi connectivity index (χ4v) is 1.31. The molecule has 7 heteroatoms. The predicted molar refractivity (Wildman–Crippen MR) is 67.7 cm³/mol. The molecule has 1 aromatic rings. The van der Waals surface area contributed by atoms with E-state index in [1.54, 1.807) is 14.0 Å². The third-order valence-electron chi connectivity index (χ3n) is 2.50. The lowest BCUT2D eigenvalue weighted by Crippen LogP contribution is -2.31. The van der Waals surface area contributed by atoms with Crippen LogP contribution in [0.3, 0.4) is 0 Å². The van der Waals surface area contributed by atoms with Crippen LogP contribution < -0.4 is 5.32 Å². The van der Waals surface area contributed by atoms with Crippen molar-refractivity contribution >= 4 is 23.7 Å². The summed E-state index contributed by atoms with van der Waals surface area (Å²) in [6.07, 6.45) is 0. The Morgan fingerprint density at radius 2 is 1.58 bits per heavy atom. The first-order chi connectivity index (χ1) is 8.85. The maximum Gasteiger partial charge on any atom is 0.335 e. The second-order valence-corrected chi connectivity index (χ2v) is 3.85. The van der Waals surface area contributed by atoms with E-state index in [1.807, 2.05) is 0 Å². The van der Waals surface area contributed by atoms with E-state index in [2.05, 4.69) is 5.32 Å². The number of benzene rings is 1. The van der Waals surface area contributed by atoms with Gasteiger partial charge in [-0.2, -0.15) is 0 Å². The molecule has 3 N–H and O–H groups in total. The van der Waals surface area contributed by atoms with Crippen LogP contribution in [-0.2, 0) is 0 Å². The van der Waals surface area contributed by atoms with Gasteiger partial charge < -0.3 is 20.4 Å². The van der Waals surface area contributed by atoms with Gasteiger partial charge in [0.1, 0.15) is 0 Å². The van der Waals surface area contributed by atoms with Crippen LogP contribution in [0.1, 0.15) is 27.6 Å². The Morgan fingerprint density at radius 1 is 1.11 bits per heavy atom. The van der Waals surface area contributed by atoms with Gasteiger partial charge in [-0.3, -0.25) is 0 Å².